The summed E-state index contributed by atoms with van der Waals surface area (Å²) in [5.74, 6) is 0. The van der Waals surface area contributed by atoms with Crippen molar-refractivity contribution in [2.45, 2.75) is 51.9 Å². The van der Waals surface area contributed by atoms with Crippen LogP contribution in [0.15, 0.2) is 0 Å². The molecule has 1 fully saturated rings. The summed E-state index contributed by atoms with van der Waals surface area (Å²) in [5, 5.41) is 2.76. The highest BCUT2D eigenvalue weighted by Gasteiger charge is 2.40. The standard InChI is InChI=1S/C10H19NO3/c1-5-13-8-6-7(8)11-9(12)14-10(2,3)4/h7-8H,5-6H2,1-4H3,(H,11,12)/t7-,8+/m0/s1. The van der Waals surface area contributed by atoms with Gasteiger partial charge in [0.25, 0.3) is 0 Å². The summed E-state index contributed by atoms with van der Waals surface area (Å²) in [7, 11) is 0. The molecule has 1 N–H and O–H groups in total. The van der Waals surface area contributed by atoms with Gasteiger partial charge in [0, 0.05) is 6.61 Å². The van der Waals surface area contributed by atoms with Gasteiger partial charge in [0.2, 0.25) is 0 Å². The third-order valence-corrected chi connectivity index (χ3v) is 1.81. The monoisotopic (exact) mass is 201 g/mol. The molecule has 14 heavy (non-hydrogen) atoms. The zero-order valence-corrected chi connectivity index (χ0v) is 9.29. The second-order valence-electron chi connectivity index (χ2n) is 4.48. The molecule has 0 unspecified atom stereocenters. The molecule has 2 atom stereocenters. The van der Waals surface area contributed by atoms with Crippen molar-refractivity contribution in [3.63, 3.8) is 0 Å². The van der Waals surface area contributed by atoms with Crippen molar-refractivity contribution in [3.05, 3.63) is 0 Å². The van der Waals surface area contributed by atoms with Crippen molar-refractivity contribution in [2.24, 2.45) is 0 Å². The van der Waals surface area contributed by atoms with E-state index < -0.39 is 5.60 Å². The molecule has 0 aromatic heterocycles. The Bertz CT molecular complexity index is 210. The maximum Gasteiger partial charge on any atom is 0.407 e. The Morgan fingerprint density at radius 3 is 2.64 bits per heavy atom. The summed E-state index contributed by atoms with van der Waals surface area (Å²) in [6.45, 7) is 8.18. The molecule has 4 heteroatoms. The molecule has 0 aromatic carbocycles. The molecular weight excluding hydrogens is 182 g/mol. The molecule has 0 saturated heterocycles. The van der Waals surface area contributed by atoms with Crippen LogP contribution in [-0.4, -0.2) is 30.4 Å². The van der Waals surface area contributed by atoms with Crippen LogP contribution < -0.4 is 5.32 Å². The predicted molar refractivity (Wildman–Crippen MR) is 53.2 cm³/mol. The minimum absolute atomic E-state index is 0.143. The summed E-state index contributed by atoms with van der Waals surface area (Å²) in [5.41, 5.74) is -0.430. The number of nitrogens with one attached hydrogen (secondary N) is 1. The van der Waals surface area contributed by atoms with Gasteiger partial charge in [0.1, 0.15) is 5.60 Å². The molecule has 1 amide bonds. The minimum Gasteiger partial charge on any atom is -0.444 e. The normalized spacial score (nSPS) is 25.7. The highest BCUT2D eigenvalue weighted by molar-refractivity contribution is 5.68. The topological polar surface area (TPSA) is 47.6 Å². The molecule has 0 spiro atoms. The Morgan fingerprint density at radius 1 is 1.50 bits per heavy atom. The van der Waals surface area contributed by atoms with E-state index in [0.717, 1.165) is 6.42 Å². The van der Waals surface area contributed by atoms with Gasteiger partial charge in [-0.1, -0.05) is 0 Å². The largest absolute Gasteiger partial charge is 0.444 e. The Labute approximate surface area is 85.0 Å². The summed E-state index contributed by atoms with van der Waals surface area (Å²) in [6.07, 6.45) is 0.727. The van der Waals surface area contributed by atoms with Crippen molar-refractivity contribution in [1.29, 1.82) is 0 Å². The molecule has 1 rings (SSSR count). The van der Waals surface area contributed by atoms with Gasteiger partial charge in [0.05, 0.1) is 12.1 Å². The van der Waals surface area contributed by atoms with Crippen molar-refractivity contribution >= 4 is 6.09 Å². The molecule has 0 aromatic rings. The maximum atomic E-state index is 11.3. The molecule has 1 aliphatic rings. The van der Waals surface area contributed by atoms with Crippen LogP contribution in [0.25, 0.3) is 0 Å². The van der Waals surface area contributed by atoms with Crippen LogP contribution in [0.5, 0.6) is 0 Å². The molecule has 0 radical (unpaired) electrons. The van der Waals surface area contributed by atoms with Crippen LogP contribution in [-0.2, 0) is 9.47 Å². The molecule has 4 nitrogen and oxygen atoms in total. The molecule has 0 heterocycles. The first-order chi connectivity index (χ1) is 6.42. The second-order valence-corrected chi connectivity index (χ2v) is 4.48. The van der Waals surface area contributed by atoms with Gasteiger partial charge < -0.3 is 14.8 Å². The molecular formula is C10H19NO3. The Kier molecular flexibility index (Phi) is 3.37. The fourth-order valence-corrected chi connectivity index (χ4v) is 1.18. The zero-order chi connectivity index (χ0) is 10.8. The number of alkyl carbamates (subject to hydrolysis) is 1. The second kappa shape index (κ2) is 4.17. The van der Waals surface area contributed by atoms with Crippen molar-refractivity contribution in [3.8, 4) is 0 Å². The fourth-order valence-electron chi connectivity index (χ4n) is 1.18. The van der Waals surface area contributed by atoms with Crippen LogP contribution in [0.1, 0.15) is 34.1 Å². The lowest BCUT2D eigenvalue weighted by molar-refractivity contribution is 0.0499. The number of amides is 1. The van der Waals surface area contributed by atoms with Gasteiger partial charge >= 0.3 is 6.09 Å². The quantitative estimate of drug-likeness (QED) is 0.755. The van der Waals surface area contributed by atoms with E-state index in [2.05, 4.69) is 5.32 Å². The molecule has 82 valence electrons. The number of carbonyl (C=O) groups is 1. The van der Waals surface area contributed by atoms with Gasteiger partial charge in [-0.3, -0.25) is 0 Å². The molecule has 1 aliphatic carbocycles. The van der Waals surface area contributed by atoms with Crippen molar-refractivity contribution in [2.75, 3.05) is 6.61 Å². The Balaban J connectivity index is 2.17. The lowest BCUT2D eigenvalue weighted by atomic mass is 10.2. The Hall–Kier alpha value is -0.770. The maximum absolute atomic E-state index is 11.3. The lowest BCUT2D eigenvalue weighted by Gasteiger charge is -2.19. The molecule has 1 saturated carbocycles. The SMILES string of the molecule is CCO[C@@H]1C[C@@H]1NC(=O)OC(C)(C)C. The van der Waals surface area contributed by atoms with E-state index in [1.165, 1.54) is 0 Å². The first-order valence-corrected chi connectivity index (χ1v) is 5.03. The summed E-state index contributed by atoms with van der Waals surface area (Å²) in [4.78, 5) is 11.3. The van der Waals surface area contributed by atoms with Crippen LogP contribution in [0.4, 0.5) is 4.79 Å². The summed E-state index contributed by atoms with van der Waals surface area (Å²) in [6, 6.07) is 0.143. The predicted octanol–water partition coefficient (Wildman–Crippen LogP) is 1.69. The van der Waals surface area contributed by atoms with Gasteiger partial charge in [0.15, 0.2) is 0 Å². The lowest BCUT2D eigenvalue weighted by Crippen LogP contribution is -2.35. The van der Waals surface area contributed by atoms with Crippen molar-refractivity contribution in [1.82, 2.24) is 5.32 Å². The highest BCUT2D eigenvalue weighted by atomic mass is 16.6. The third-order valence-electron chi connectivity index (χ3n) is 1.81. The van der Waals surface area contributed by atoms with E-state index >= 15 is 0 Å². The number of hydrogen-bond acceptors (Lipinski definition) is 3. The summed E-state index contributed by atoms with van der Waals surface area (Å²) < 4.78 is 10.4. The Morgan fingerprint density at radius 2 is 2.14 bits per heavy atom. The number of rotatable bonds is 3. The minimum atomic E-state index is -0.430. The highest BCUT2D eigenvalue weighted by Crippen LogP contribution is 2.25. The molecule has 0 bridgehead atoms. The van der Waals surface area contributed by atoms with E-state index in [1.807, 2.05) is 27.7 Å². The smallest absolute Gasteiger partial charge is 0.407 e. The number of carbonyl (C=O) groups excluding carboxylic acids is 1. The van der Waals surface area contributed by atoms with E-state index in [-0.39, 0.29) is 18.2 Å². The first-order valence-electron chi connectivity index (χ1n) is 5.03. The third kappa shape index (κ3) is 3.96. The van der Waals surface area contributed by atoms with E-state index in [0.29, 0.717) is 6.61 Å². The van der Waals surface area contributed by atoms with Gasteiger partial charge in [-0.05, 0) is 34.1 Å². The summed E-state index contributed by atoms with van der Waals surface area (Å²) >= 11 is 0. The van der Waals surface area contributed by atoms with Gasteiger partial charge in [-0.25, -0.2) is 4.79 Å². The first kappa shape index (κ1) is 11.3. The molecule has 0 aliphatic heterocycles. The van der Waals surface area contributed by atoms with Crippen LogP contribution >= 0.6 is 0 Å². The number of ether oxygens (including phenoxy) is 2. The average Bonchev–Trinajstić information content (AvgIpc) is 2.63. The van der Waals surface area contributed by atoms with Crippen molar-refractivity contribution < 1.29 is 14.3 Å². The van der Waals surface area contributed by atoms with E-state index in [1.54, 1.807) is 0 Å². The average molecular weight is 201 g/mol. The van der Waals surface area contributed by atoms with Crippen LogP contribution in [0.3, 0.4) is 0 Å². The number of hydrogen-bond donors (Lipinski definition) is 1. The van der Waals surface area contributed by atoms with E-state index in [9.17, 15) is 4.79 Å². The van der Waals surface area contributed by atoms with Gasteiger partial charge in [-0.2, -0.15) is 0 Å². The zero-order valence-electron chi connectivity index (χ0n) is 9.29. The van der Waals surface area contributed by atoms with Gasteiger partial charge in [-0.15, -0.1) is 0 Å². The van der Waals surface area contributed by atoms with E-state index in [4.69, 9.17) is 9.47 Å². The fraction of sp³-hybridized carbons (Fsp3) is 0.900. The van der Waals surface area contributed by atoms with Crippen LogP contribution in [0, 0.1) is 0 Å². The van der Waals surface area contributed by atoms with Crippen LogP contribution in [0.2, 0.25) is 0 Å².